The Morgan fingerprint density at radius 2 is 1.65 bits per heavy atom. The van der Waals surface area contributed by atoms with Gasteiger partial charge in [0.25, 0.3) is 0 Å². The molecule has 6 nitrogen and oxygen atoms in total. The fourth-order valence-electron chi connectivity index (χ4n) is 1.66. The molecule has 0 unspecified atom stereocenters. The average molecular weight is 295 g/mol. The first-order valence-electron chi connectivity index (χ1n) is 5.96. The highest BCUT2D eigenvalue weighted by atomic mass is 35.5. The molecule has 7 heteroatoms. The minimum absolute atomic E-state index is 0.155. The number of aromatic nitrogens is 3. The van der Waals surface area contributed by atoms with Crippen LogP contribution in [0.15, 0.2) is 12.1 Å². The molecule has 0 bridgehead atoms. The number of ether oxygens (including phenoxy) is 2. The monoisotopic (exact) mass is 294 g/mol. The topological polar surface area (TPSA) is 69.2 Å². The van der Waals surface area contributed by atoms with Gasteiger partial charge in [-0.15, -0.1) is 4.98 Å². The maximum absolute atomic E-state index is 6.12. The summed E-state index contributed by atoms with van der Waals surface area (Å²) in [5, 5.41) is 3.54. The van der Waals surface area contributed by atoms with Gasteiger partial charge in [-0.25, -0.2) is 0 Å². The molecule has 0 saturated carbocycles. The molecule has 0 saturated heterocycles. The highest BCUT2D eigenvalue weighted by Gasteiger charge is 2.10. The van der Waals surface area contributed by atoms with Crippen LogP contribution < -0.4 is 14.8 Å². The SMILES string of the molecule is CNc1nc(OC)nc(Oc2cc(C)c(Cl)c(C)c2)n1. The first-order valence-corrected chi connectivity index (χ1v) is 6.33. The molecule has 0 atom stereocenters. The number of benzene rings is 1. The molecular weight excluding hydrogens is 280 g/mol. The number of hydrogen-bond donors (Lipinski definition) is 1. The van der Waals surface area contributed by atoms with Crippen molar-refractivity contribution in [2.75, 3.05) is 19.5 Å². The van der Waals surface area contributed by atoms with Gasteiger partial charge in [-0.2, -0.15) is 9.97 Å². The Balaban J connectivity index is 2.34. The van der Waals surface area contributed by atoms with Crippen molar-refractivity contribution in [3.8, 4) is 17.8 Å². The zero-order chi connectivity index (χ0) is 14.7. The van der Waals surface area contributed by atoms with Gasteiger partial charge in [0.15, 0.2) is 0 Å². The molecule has 0 radical (unpaired) electrons. The van der Waals surface area contributed by atoms with Crippen LogP contribution in [0.3, 0.4) is 0 Å². The molecule has 1 N–H and O–H groups in total. The molecule has 1 aromatic heterocycles. The minimum atomic E-state index is 0.155. The second kappa shape index (κ2) is 5.92. The lowest BCUT2D eigenvalue weighted by Crippen LogP contribution is -2.03. The van der Waals surface area contributed by atoms with Gasteiger partial charge in [0, 0.05) is 12.1 Å². The minimum Gasteiger partial charge on any atom is -0.467 e. The molecule has 20 heavy (non-hydrogen) atoms. The van der Waals surface area contributed by atoms with E-state index < -0.39 is 0 Å². The molecule has 1 aromatic carbocycles. The van der Waals surface area contributed by atoms with E-state index in [1.807, 2.05) is 26.0 Å². The zero-order valence-corrected chi connectivity index (χ0v) is 12.4. The predicted octanol–water partition coefficient (Wildman–Crippen LogP) is 2.98. The fourth-order valence-corrected chi connectivity index (χ4v) is 1.77. The van der Waals surface area contributed by atoms with Gasteiger partial charge < -0.3 is 14.8 Å². The predicted molar refractivity (Wildman–Crippen MR) is 76.9 cm³/mol. The molecular formula is C13H15ClN4O2. The Morgan fingerprint density at radius 3 is 2.20 bits per heavy atom. The Morgan fingerprint density at radius 1 is 1.05 bits per heavy atom. The van der Waals surface area contributed by atoms with Crippen molar-refractivity contribution in [1.29, 1.82) is 0 Å². The molecule has 0 spiro atoms. The van der Waals surface area contributed by atoms with Crippen molar-refractivity contribution in [2.45, 2.75) is 13.8 Å². The highest BCUT2D eigenvalue weighted by molar-refractivity contribution is 6.32. The third-order valence-corrected chi connectivity index (χ3v) is 3.22. The van der Waals surface area contributed by atoms with E-state index in [4.69, 9.17) is 21.1 Å². The van der Waals surface area contributed by atoms with Crippen LogP contribution in [0.1, 0.15) is 11.1 Å². The number of methoxy groups -OCH3 is 1. The van der Waals surface area contributed by atoms with Gasteiger partial charge in [-0.1, -0.05) is 11.6 Å². The van der Waals surface area contributed by atoms with Gasteiger partial charge in [-0.05, 0) is 37.1 Å². The van der Waals surface area contributed by atoms with E-state index in [1.165, 1.54) is 7.11 Å². The van der Waals surface area contributed by atoms with E-state index in [-0.39, 0.29) is 12.0 Å². The van der Waals surface area contributed by atoms with E-state index in [0.29, 0.717) is 11.7 Å². The fraction of sp³-hybridized carbons (Fsp3) is 0.308. The molecule has 0 aliphatic carbocycles. The summed E-state index contributed by atoms with van der Waals surface area (Å²) in [6.07, 6.45) is 0. The van der Waals surface area contributed by atoms with E-state index in [9.17, 15) is 0 Å². The second-order valence-corrected chi connectivity index (χ2v) is 4.53. The normalized spacial score (nSPS) is 10.2. The van der Waals surface area contributed by atoms with E-state index in [1.54, 1.807) is 7.05 Å². The number of halogens is 1. The first-order chi connectivity index (χ1) is 9.53. The smallest absolute Gasteiger partial charge is 0.330 e. The number of rotatable bonds is 4. The summed E-state index contributed by atoms with van der Waals surface area (Å²) in [6.45, 7) is 3.82. The van der Waals surface area contributed by atoms with Crippen molar-refractivity contribution in [3.63, 3.8) is 0 Å². The number of nitrogens with zero attached hydrogens (tertiary/aromatic N) is 3. The second-order valence-electron chi connectivity index (χ2n) is 4.15. The molecule has 0 fully saturated rings. The zero-order valence-electron chi connectivity index (χ0n) is 11.7. The molecule has 0 aliphatic heterocycles. The van der Waals surface area contributed by atoms with Gasteiger partial charge in [0.1, 0.15) is 5.75 Å². The Bertz CT molecular complexity index is 589. The highest BCUT2D eigenvalue weighted by Crippen LogP contribution is 2.28. The summed E-state index contributed by atoms with van der Waals surface area (Å²) in [6, 6.07) is 3.99. The van der Waals surface area contributed by atoms with Crippen molar-refractivity contribution in [1.82, 2.24) is 15.0 Å². The van der Waals surface area contributed by atoms with Gasteiger partial charge >= 0.3 is 12.0 Å². The van der Waals surface area contributed by atoms with Crippen LogP contribution >= 0.6 is 11.6 Å². The summed E-state index contributed by atoms with van der Waals surface area (Å²) < 4.78 is 10.6. The van der Waals surface area contributed by atoms with Crippen LogP contribution in [0.5, 0.6) is 17.8 Å². The summed E-state index contributed by atoms with van der Waals surface area (Å²) in [4.78, 5) is 12.2. The van der Waals surface area contributed by atoms with E-state index in [2.05, 4.69) is 20.3 Å². The Labute approximate surface area is 122 Å². The summed E-state index contributed by atoms with van der Waals surface area (Å²) >= 11 is 6.12. The van der Waals surface area contributed by atoms with Crippen LogP contribution in [0.4, 0.5) is 5.95 Å². The maximum atomic E-state index is 6.12. The van der Waals surface area contributed by atoms with E-state index >= 15 is 0 Å². The standard InChI is InChI=1S/C13H15ClN4O2/c1-7-5-9(6-8(2)10(7)14)20-13-17-11(15-3)16-12(18-13)19-4/h5-6H,1-4H3,(H,15,16,17,18). The number of nitrogens with one attached hydrogen (secondary N) is 1. The van der Waals surface area contributed by atoms with Crippen molar-refractivity contribution < 1.29 is 9.47 Å². The first kappa shape index (κ1) is 14.3. The maximum Gasteiger partial charge on any atom is 0.330 e. The molecule has 2 aromatic rings. The third-order valence-electron chi connectivity index (χ3n) is 2.62. The van der Waals surface area contributed by atoms with Gasteiger partial charge in [-0.3, -0.25) is 0 Å². The van der Waals surface area contributed by atoms with Crippen LogP contribution in [0, 0.1) is 13.8 Å². The summed E-state index contributed by atoms with van der Waals surface area (Å²) in [5.41, 5.74) is 1.85. The molecule has 1 heterocycles. The van der Waals surface area contributed by atoms with Gasteiger partial charge in [0.2, 0.25) is 5.95 Å². The molecule has 0 aliphatic rings. The van der Waals surface area contributed by atoms with Crippen LogP contribution in [-0.2, 0) is 0 Å². The number of anilines is 1. The van der Waals surface area contributed by atoms with Crippen molar-refractivity contribution in [3.05, 3.63) is 28.3 Å². The lowest BCUT2D eigenvalue weighted by atomic mass is 10.1. The summed E-state index contributed by atoms with van der Waals surface area (Å²) in [7, 11) is 3.18. The van der Waals surface area contributed by atoms with Gasteiger partial charge in [0.05, 0.1) is 7.11 Å². The Hall–Kier alpha value is -2.08. The largest absolute Gasteiger partial charge is 0.467 e. The lowest BCUT2D eigenvalue weighted by molar-refractivity contribution is 0.360. The van der Waals surface area contributed by atoms with Crippen LogP contribution in [0.2, 0.25) is 5.02 Å². The van der Waals surface area contributed by atoms with Crippen molar-refractivity contribution >= 4 is 17.5 Å². The molecule has 2 rings (SSSR count). The lowest BCUT2D eigenvalue weighted by Gasteiger charge is -2.09. The van der Waals surface area contributed by atoms with Crippen LogP contribution in [0.25, 0.3) is 0 Å². The third kappa shape index (κ3) is 3.08. The quantitative estimate of drug-likeness (QED) is 0.935. The summed E-state index contributed by atoms with van der Waals surface area (Å²) in [5.74, 6) is 0.981. The molecule has 106 valence electrons. The van der Waals surface area contributed by atoms with Crippen molar-refractivity contribution in [2.24, 2.45) is 0 Å². The Kier molecular flexibility index (Phi) is 4.24. The van der Waals surface area contributed by atoms with E-state index in [0.717, 1.165) is 16.1 Å². The van der Waals surface area contributed by atoms with Crippen LogP contribution in [-0.4, -0.2) is 29.1 Å². The number of aryl methyl sites for hydroxylation is 2. The molecule has 0 amide bonds. The average Bonchev–Trinajstić information content (AvgIpc) is 2.44. The number of hydrogen-bond acceptors (Lipinski definition) is 6.